The van der Waals surface area contributed by atoms with Crippen molar-refractivity contribution in [2.45, 2.75) is 36.6 Å². The van der Waals surface area contributed by atoms with Gasteiger partial charge in [-0.1, -0.05) is 11.8 Å². The molecule has 6 heteroatoms. The van der Waals surface area contributed by atoms with Crippen LogP contribution in [0.4, 0.5) is 5.95 Å². The summed E-state index contributed by atoms with van der Waals surface area (Å²) in [6.07, 6.45) is 1.40. The van der Waals surface area contributed by atoms with Crippen molar-refractivity contribution in [1.29, 1.82) is 0 Å². The van der Waals surface area contributed by atoms with Gasteiger partial charge in [-0.05, 0) is 31.7 Å². The first-order chi connectivity index (χ1) is 9.28. The monoisotopic (exact) mass is 295 g/mol. The fourth-order valence-corrected chi connectivity index (χ4v) is 4.20. The van der Waals surface area contributed by atoms with Gasteiger partial charge in [-0.15, -0.1) is 11.3 Å². The highest BCUT2D eigenvalue weighted by atomic mass is 32.2. The van der Waals surface area contributed by atoms with Crippen LogP contribution >= 0.6 is 23.1 Å². The third-order valence-corrected chi connectivity index (χ3v) is 5.46. The minimum atomic E-state index is 0.302. The second-order valence-corrected chi connectivity index (χ2v) is 6.67. The van der Waals surface area contributed by atoms with E-state index in [2.05, 4.69) is 40.6 Å². The summed E-state index contributed by atoms with van der Waals surface area (Å²) in [5, 5.41) is 8.01. The summed E-state index contributed by atoms with van der Waals surface area (Å²) in [6.45, 7) is 5.89. The molecule has 3 rings (SSSR count). The summed E-state index contributed by atoms with van der Waals surface area (Å²) in [5.41, 5.74) is 0. The second-order valence-electron chi connectivity index (χ2n) is 4.54. The molecule has 0 radical (unpaired) electrons. The second kappa shape index (κ2) is 5.64. The summed E-state index contributed by atoms with van der Waals surface area (Å²) in [6, 6.07) is 2.11. The van der Waals surface area contributed by atoms with E-state index in [1.54, 1.807) is 11.3 Å². The highest BCUT2D eigenvalue weighted by Crippen LogP contribution is 2.36. The van der Waals surface area contributed by atoms with E-state index in [-0.39, 0.29) is 0 Å². The SMILES string of the molecule is CCNc1nc(SC2CCOC2C)c2ccsc2n1. The first-order valence-corrected chi connectivity index (χ1v) is 8.31. The number of ether oxygens (including phenoxy) is 1. The number of thioether (sulfide) groups is 1. The van der Waals surface area contributed by atoms with E-state index in [1.807, 2.05) is 11.8 Å². The van der Waals surface area contributed by atoms with Gasteiger partial charge in [0.2, 0.25) is 5.95 Å². The van der Waals surface area contributed by atoms with E-state index in [9.17, 15) is 0 Å². The predicted octanol–water partition coefficient (Wildman–Crippen LogP) is 3.39. The lowest BCUT2D eigenvalue weighted by Crippen LogP contribution is -2.13. The summed E-state index contributed by atoms with van der Waals surface area (Å²) >= 11 is 3.49. The zero-order valence-corrected chi connectivity index (χ0v) is 12.7. The summed E-state index contributed by atoms with van der Waals surface area (Å²) in [7, 11) is 0. The largest absolute Gasteiger partial charge is 0.377 e. The number of hydrogen-bond acceptors (Lipinski definition) is 6. The van der Waals surface area contributed by atoms with Gasteiger partial charge in [0.1, 0.15) is 9.86 Å². The quantitative estimate of drug-likeness (QED) is 0.876. The van der Waals surface area contributed by atoms with Crippen molar-refractivity contribution < 1.29 is 4.74 Å². The van der Waals surface area contributed by atoms with Crippen LogP contribution in [0.1, 0.15) is 20.3 Å². The predicted molar refractivity (Wildman–Crippen MR) is 81.3 cm³/mol. The highest BCUT2D eigenvalue weighted by Gasteiger charge is 2.26. The maximum atomic E-state index is 5.63. The molecule has 0 aromatic carbocycles. The normalized spacial score (nSPS) is 23.1. The van der Waals surface area contributed by atoms with Gasteiger partial charge in [0, 0.05) is 23.8 Å². The molecule has 2 atom stereocenters. The van der Waals surface area contributed by atoms with Crippen LogP contribution in [0.15, 0.2) is 16.5 Å². The zero-order chi connectivity index (χ0) is 13.2. The Hall–Kier alpha value is -0.850. The number of nitrogens with zero attached hydrogens (tertiary/aromatic N) is 2. The Kier molecular flexibility index (Phi) is 3.91. The topological polar surface area (TPSA) is 47.0 Å². The number of nitrogens with one attached hydrogen (secondary N) is 1. The molecule has 0 amide bonds. The lowest BCUT2D eigenvalue weighted by atomic mass is 10.3. The van der Waals surface area contributed by atoms with Crippen molar-refractivity contribution in [2.75, 3.05) is 18.5 Å². The Labute approximate surface area is 121 Å². The Morgan fingerprint density at radius 3 is 3.16 bits per heavy atom. The molecule has 2 unspecified atom stereocenters. The van der Waals surface area contributed by atoms with Crippen LogP contribution in [0, 0.1) is 0 Å². The van der Waals surface area contributed by atoms with Crippen LogP contribution in [-0.2, 0) is 4.74 Å². The minimum absolute atomic E-state index is 0.302. The van der Waals surface area contributed by atoms with E-state index in [1.165, 1.54) is 0 Å². The lowest BCUT2D eigenvalue weighted by molar-refractivity contribution is 0.127. The molecule has 1 aliphatic heterocycles. The summed E-state index contributed by atoms with van der Waals surface area (Å²) in [5.74, 6) is 0.728. The van der Waals surface area contributed by atoms with Gasteiger partial charge in [-0.2, -0.15) is 0 Å². The van der Waals surface area contributed by atoms with Gasteiger partial charge in [-0.3, -0.25) is 0 Å². The molecule has 3 heterocycles. The van der Waals surface area contributed by atoms with E-state index in [0.717, 1.165) is 40.8 Å². The van der Waals surface area contributed by atoms with Crippen molar-refractivity contribution in [3.8, 4) is 0 Å². The van der Waals surface area contributed by atoms with Crippen molar-refractivity contribution in [1.82, 2.24) is 9.97 Å². The third kappa shape index (κ3) is 2.70. The Morgan fingerprint density at radius 1 is 1.53 bits per heavy atom. The van der Waals surface area contributed by atoms with Gasteiger partial charge in [0.05, 0.1) is 6.10 Å². The fourth-order valence-electron chi connectivity index (χ4n) is 2.17. The lowest BCUT2D eigenvalue weighted by Gasteiger charge is -2.14. The van der Waals surface area contributed by atoms with Gasteiger partial charge in [-0.25, -0.2) is 9.97 Å². The van der Waals surface area contributed by atoms with E-state index < -0.39 is 0 Å². The molecule has 2 aromatic heterocycles. The van der Waals surface area contributed by atoms with Gasteiger partial charge in [0.15, 0.2) is 0 Å². The number of rotatable bonds is 4. The first kappa shape index (κ1) is 13.1. The summed E-state index contributed by atoms with van der Waals surface area (Å²) < 4.78 is 5.63. The van der Waals surface area contributed by atoms with E-state index in [0.29, 0.717) is 11.4 Å². The Morgan fingerprint density at radius 2 is 2.42 bits per heavy atom. The number of fused-ring (bicyclic) bond motifs is 1. The minimum Gasteiger partial charge on any atom is -0.377 e. The Balaban J connectivity index is 1.93. The molecular formula is C13H17N3OS2. The average molecular weight is 295 g/mol. The molecule has 0 bridgehead atoms. The highest BCUT2D eigenvalue weighted by molar-refractivity contribution is 8.00. The van der Waals surface area contributed by atoms with Crippen molar-refractivity contribution >= 4 is 39.3 Å². The van der Waals surface area contributed by atoms with Crippen LogP contribution < -0.4 is 5.32 Å². The molecule has 4 nitrogen and oxygen atoms in total. The smallest absolute Gasteiger partial charge is 0.225 e. The van der Waals surface area contributed by atoms with Gasteiger partial charge in [0.25, 0.3) is 0 Å². The number of anilines is 1. The molecular weight excluding hydrogens is 278 g/mol. The van der Waals surface area contributed by atoms with Crippen LogP contribution in [0.3, 0.4) is 0 Å². The van der Waals surface area contributed by atoms with Crippen LogP contribution in [0.5, 0.6) is 0 Å². The molecule has 1 fully saturated rings. The van der Waals surface area contributed by atoms with E-state index in [4.69, 9.17) is 4.74 Å². The van der Waals surface area contributed by atoms with Crippen LogP contribution in [0.25, 0.3) is 10.2 Å². The zero-order valence-electron chi connectivity index (χ0n) is 11.0. The molecule has 0 spiro atoms. The number of hydrogen-bond donors (Lipinski definition) is 1. The van der Waals surface area contributed by atoms with Gasteiger partial charge < -0.3 is 10.1 Å². The standard InChI is InChI=1S/C13H17N3OS2/c1-3-14-13-15-11-9(5-7-18-11)12(16-13)19-10-4-6-17-8(10)2/h5,7-8,10H,3-4,6H2,1-2H3,(H,14,15,16). The molecule has 102 valence electrons. The molecule has 0 aliphatic carbocycles. The van der Waals surface area contributed by atoms with Crippen molar-refractivity contribution in [3.05, 3.63) is 11.4 Å². The number of aromatic nitrogens is 2. The first-order valence-electron chi connectivity index (χ1n) is 6.55. The Bertz CT molecular complexity index is 572. The molecule has 2 aromatic rings. The average Bonchev–Trinajstić information content (AvgIpc) is 3.00. The fraction of sp³-hybridized carbons (Fsp3) is 0.538. The maximum Gasteiger partial charge on any atom is 0.225 e. The van der Waals surface area contributed by atoms with E-state index >= 15 is 0 Å². The van der Waals surface area contributed by atoms with Crippen molar-refractivity contribution in [2.24, 2.45) is 0 Å². The molecule has 19 heavy (non-hydrogen) atoms. The van der Waals surface area contributed by atoms with Gasteiger partial charge >= 0.3 is 0 Å². The molecule has 0 saturated carbocycles. The summed E-state index contributed by atoms with van der Waals surface area (Å²) in [4.78, 5) is 10.2. The molecule has 1 saturated heterocycles. The molecule has 1 aliphatic rings. The van der Waals surface area contributed by atoms with Crippen molar-refractivity contribution in [3.63, 3.8) is 0 Å². The third-order valence-electron chi connectivity index (χ3n) is 3.19. The van der Waals surface area contributed by atoms with Crippen LogP contribution in [-0.4, -0.2) is 34.5 Å². The number of thiophene rings is 1. The van der Waals surface area contributed by atoms with Crippen LogP contribution in [0.2, 0.25) is 0 Å². The maximum absolute atomic E-state index is 5.63. The molecule has 1 N–H and O–H groups in total.